The van der Waals surface area contributed by atoms with E-state index < -0.39 is 10.2 Å². The van der Waals surface area contributed by atoms with Gasteiger partial charge in [-0.25, -0.2) is 0 Å². The average Bonchev–Trinajstić information content (AvgIpc) is 3.30. The summed E-state index contributed by atoms with van der Waals surface area (Å²) in [6.07, 6.45) is 3.96. The molecule has 0 spiro atoms. The van der Waals surface area contributed by atoms with Crippen molar-refractivity contribution in [3.05, 3.63) is 24.3 Å². The van der Waals surface area contributed by atoms with Crippen LogP contribution in [0.5, 0.6) is 0 Å². The fraction of sp³-hybridized carbons (Fsp3) is 0.556. The van der Waals surface area contributed by atoms with E-state index in [4.69, 9.17) is 0 Å². The Morgan fingerprint density at radius 3 is 2.48 bits per heavy atom. The SMILES string of the molecule is O=C(Nc1cccc(-c2nn[nH]n2)c1)C1CCN(S(=O)(=O)N2CCCCC2)CC1. The van der Waals surface area contributed by atoms with Gasteiger partial charge < -0.3 is 5.32 Å². The number of piperidine rings is 2. The van der Waals surface area contributed by atoms with Crippen LogP contribution < -0.4 is 5.32 Å². The third-order valence-electron chi connectivity index (χ3n) is 5.53. The summed E-state index contributed by atoms with van der Waals surface area (Å²) < 4.78 is 28.7. The van der Waals surface area contributed by atoms with Crippen LogP contribution in [0.25, 0.3) is 11.4 Å². The van der Waals surface area contributed by atoms with Gasteiger partial charge in [0.1, 0.15) is 0 Å². The number of aromatic amines is 1. The lowest BCUT2D eigenvalue weighted by Crippen LogP contribution is -2.49. The Bertz CT molecular complexity index is 934. The summed E-state index contributed by atoms with van der Waals surface area (Å²) in [6.45, 7) is 1.94. The van der Waals surface area contributed by atoms with E-state index in [0.29, 0.717) is 50.5 Å². The van der Waals surface area contributed by atoms with E-state index in [1.807, 2.05) is 12.1 Å². The highest BCUT2D eigenvalue weighted by atomic mass is 32.2. The molecule has 0 bridgehead atoms. The summed E-state index contributed by atoms with van der Waals surface area (Å²) in [6, 6.07) is 7.25. The molecule has 156 valence electrons. The van der Waals surface area contributed by atoms with E-state index in [9.17, 15) is 13.2 Å². The Labute approximate surface area is 169 Å². The van der Waals surface area contributed by atoms with Gasteiger partial charge in [0.2, 0.25) is 11.7 Å². The first kappa shape index (κ1) is 19.9. The van der Waals surface area contributed by atoms with Crippen LogP contribution in [0.1, 0.15) is 32.1 Å². The summed E-state index contributed by atoms with van der Waals surface area (Å²) in [5.41, 5.74) is 1.40. The molecule has 4 rings (SSSR count). The van der Waals surface area contributed by atoms with Crippen LogP contribution in [-0.4, -0.2) is 69.7 Å². The highest BCUT2D eigenvalue weighted by molar-refractivity contribution is 7.86. The number of hydrogen-bond donors (Lipinski definition) is 2. The average molecular weight is 420 g/mol. The number of H-pyrrole nitrogens is 1. The van der Waals surface area contributed by atoms with Crippen molar-refractivity contribution >= 4 is 21.8 Å². The predicted octanol–water partition coefficient (Wildman–Crippen LogP) is 1.25. The van der Waals surface area contributed by atoms with Gasteiger partial charge in [-0.15, -0.1) is 10.2 Å². The zero-order chi connectivity index (χ0) is 20.3. The molecule has 2 fully saturated rings. The summed E-state index contributed by atoms with van der Waals surface area (Å²) >= 11 is 0. The molecule has 0 unspecified atom stereocenters. The number of hydrogen-bond acceptors (Lipinski definition) is 6. The number of aromatic nitrogens is 4. The summed E-state index contributed by atoms with van der Waals surface area (Å²) in [5.74, 6) is 0.152. The van der Waals surface area contributed by atoms with Gasteiger partial charge in [0.05, 0.1) is 0 Å². The molecule has 11 heteroatoms. The smallest absolute Gasteiger partial charge is 0.281 e. The minimum absolute atomic E-state index is 0.0923. The maximum Gasteiger partial charge on any atom is 0.281 e. The van der Waals surface area contributed by atoms with Crippen molar-refractivity contribution in [3.8, 4) is 11.4 Å². The second kappa shape index (κ2) is 8.56. The Morgan fingerprint density at radius 1 is 1.07 bits per heavy atom. The Hall–Kier alpha value is -2.37. The van der Waals surface area contributed by atoms with E-state index in [1.165, 1.54) is 4.31 Å². The summed E-state index contributed by atoms with van der Waals surface area (Å²) in [7, 11) is -3.41. The molecule has 1 aromatic carbocycles. The number of benzene rings is 1. The molecule has 2 N–H and O–H groups in total. The molecule has 0 atom stereocenters. The molecular weight excluding hydrogens is 394 g/mol. The lowest BCUT2D eigenvalue weighted by Gasteiger charge is -2.35. The monoisotopic (exact) mass is 419 g/mol. The van der Waals surface area contributed by atoms with Crippen LogP contribution >= 0.6 is 0 Å². The zero-order valence-electron chi connectivity index (χ0n) is 16.1. The first-order valence-electron chi connectivity index (χ1n) is 9.94. The van der Waals surface area contributed by atoms with E-state index >= 15 is 0 Å². The van der Waals surface area contributed by atoms with Crippen molar-refractivity contribution in [3.63, 3.8) is 0 Å². The highest BCUT2D eigenvalue weighted by Gasteiger charge is 2.35. The third-order valence-corrected chi connectivity index (χ3v) is 7.56. The van der Waals surface area contributed by atoms with Crippen LogP contribution in [0.4, 0.5) is 5.69 Å². The molecule has 2 aromatic rings. The van der Waals surface area contributed by atoms with Crippen LogP contribution in [-0.2, 0) is 15.0 Å². The summed E-state index contributed by atoms with van der Waals surface area (Å²) in [5, 5.41) is 16.8. The van der Waals surface area contributed by atoms with Gasteiger partial charge in [-0.2, -0.15) is 22.2 Å². The third kappa shape index (κ3) is 4.46. The second-order valence-corrected chi connectivity index (χ2v) is 9.37. The zero-order valence-corrected chi connectivity index (χ0v) is 16.9. The van der Waals surface area contributed by atoms with Gasteiger partial charge in [-0.1, -0.05) is 18.6 Å². The normalized spacial score (nSPS) is 19.9. The minimum atomic E-state index is -3.41. The van der Waals surface area contributed by atoms with Crippen molar-refractivity contribution in [2.75, 3.05) is 31.5 Å². The van der Waals surface area contributed by atoms with Gasteiger partial charge in [0.15, 0.2) is 0 Å². The highest BCUT2D eigenvalue weighted by Crippen LogP contribution is 2.25. The van der Waals surface area contributed by atoms with Crippen LogP contribution in [0, 0.1) is 5.92 Å². The standard InChI is InChI=1S/C18H25N7O3S/c26-18(19-16-6-4-5-15(13-16)17-20-22-23-21-17)14-7-11-25(12-8-14)29(27,28)24-9-2-1-3-10-24/h4-6,13-14H,1-3,7-12H2,(H,19,26)(H,20,21,22,23). The van der Waals surface area contributed by atoms with Crippen LogP contribution in [0.3, 0.4) is 0 Å². The lowest BCUT2D eigenvalue weighted by molar-refractivity contribution is -0.120. The van der Waals surface area contributed by atoms with Crippen LogP contribution in [0.15, 0.2) is 24.3 Å². The van der Waals surface area contributed by atoms with Crippen LogP contribution in [0.2, 0.25) is 0 Å². The first-order chi connectivity index (χ1) is 14.0. The first-order valence-corrected chi connectivity index (χ1v) is 11.3. The molecule has 2 saturated heterocycles. The molecule has 1 amide bonds. The maximum absolute atomic E-state index is 12.8. The van der Waals surface area contributed by atoms with E-state index in [1.54, 1.807) is 16.4 Å². The Kier molecular flexibility index (Phi) is 5.88. The molecule has 10 nitrogen and oxygen atoms in total. The molecule has 0 radical (unpaired) electrons. The van der Waals surface area contributed by atoms with Gasteiger partial charge in [-0.3, -0.25) is 4.79 Å². The van der Waals surface area contributed by atoms with Crippen molar-refractivity contribution in [1.82, 2.24) is 29.2 Å². The van der Waals surface area contributed by atoms with Gasteiger partial charge >= 0.3 is 0 Å². The number of nitrogens with zero attached hydrogens (tertiary/aromatic N) is 5. The minimum Gasteiger partial charge on any atom is -0.326 e. The van der Waals surface area contributed by atoms with Crippen molar-refractivity contribution in [1.29, 1.82) is 0 Å². The Balaban J connectivity index is 1.34. The molecule has 2 aliphatic rings. The Morgan fingerprint density at radius 2 is 1.79 bits per heavy atom. The van der Waals surface area contributed by atoms with Crippen molar-refractivity contribution in [2.45, 2.75) is 32.1 Å². The molecule has 29 heavy (non-hydrogen) atoms. The lowest BCUT2D eigenvalue weighted by atomic mass is 9.97. The largest absolute Gasteiger partial charge is 0.326 e. The fourth-order valence-electron chi connectivity index (χ4n) is 3.87. The molecule has 0 saturated carbocycles. The van der Waals surface area contributed by atoms with Gasteiger partial charge in [0, 0.05) is 43.3 Å². The molecule has 0 aliphatic carbocycles. The quantitative estimate of drug-likeness (QED) is 0.752. The molecule has 3 heterocycles. The van der Waals surface area contributed by atoms with Crippen molar-refractivity contribution in [2.24, 2.45) is 5.92 Å². The topological polar surface area (TPSA) is 124 Å². The number of nitrogens with one attached hydrogen (secondary N) is 2. The van der Waals surface area contributed by atoms with E-state index in [0.717, 1.165) is 24.8 Å². The number of tetrazole rings is 1. The molecule has 1 aromatic heterocycles. The van der Waals surface area contributed by atoms with Gasteiger partial charge in [-0.05, 0) is 43.0 Å². The number of anilines is 1. The fourth-order valence-corrected chi connectivity index (χ4v) is 5.59. The number of carbonyl (C=O) groups is 1. The summed E-state index contributed by atoms with van der Waals surface area (Å²) in [4.78, 5) is 12.7. The van der Waals surface area contributed by atoms with E-state index in [2.05, 4.69) is 25.9 Å². The molecule has 2 aliphatic heterocycles. The maximum atomic E-state index is 12.8. The predicted molar refractivity (Wildman–Crippen MR) is 107 cm³/mol. The molecular formula is C18H25N7O3S. The van der Waals surface area contributed by atoms with Gasteiger partial charge in [0.25, 0.3) is 10.2 Å². The second-order valence-electron chi connectivity index (χ2n) is 7.45. The van der Waals surface area contributed by atoms with Crippen molar-refractivity contribution < 1.29 is 13.2 Å². The van der Waals surface area contributed by atoms with E-state index in [-0.39, 0.29) is 11.8 Å². The number of carbonyl (C=O) groups excluding carboxylic acids is 1. The number of amides is 1. The number of rotatable bonds is 5.